The first kappa shape index (κ1) is 14.0. The molecule has 0 spiro atoms. The van der Waals surface area contributed by atoms with Crippen LogP contribution in [0, 0.1) is 11.6 Å². The lowest BCUT2D eigenvalue weighted by molar-refractivity contribution is 0.246. The van der Waals surface area contributed by atoms with E-state index in [4.69, 9.17) is 0 Å². The minimum atomic E-state index is -0.380. The second-order valence-corrected chi connectivity index (χ2v) is 5.33. The molecule has 3 rings (SSSR count). The minimum absolute atomic E-state index is 0.332. The molecular weight excluding hydrogens is 270 g/mol. The number of rotatable bonds is 3. The third-order valence-corrected chi connectivity index (χ3v) is 3.90. The molecular formula is C17H18F2N2. The highest BCUT2D eigenvalue weighted by atomic mass is 19.1. The summed E-state index contributed by atoms with van der Waals surface area (Å²) in [7, 11) is 0. The van der Waals surface area contributed by atoms with Crippen molar-refractivity contribution in [1.82, 2.24) is 4.90 Å². The molecule has 0 bridgehead atoms. The zero-order chi connectivity index (χ0) is 14.7. The van der Waals surface area contributed by atoms with Gasteiger partial charge >= 0.3 is 0 Å². The Bertz CT molecular complexity index is 593. The second kappa shape index (κ2) is 6.22. The van der Waals surface area contributed by atoms with Crippen LogP contribution in [0.5, 0.6) is 0 Å². The van der Waals surface area contributed by atoms with Crippen molar-refractivity contribution >= 4 is 5.69 Å². The van der Waals surface area contributed by atoms with Gasteiger partial charge in [0.2, 0.25) is 0 Å². The highest BCUT2D eigenvalue weighted by Crippen LogP contribution is 2.18. The van der Waals surface area contributed by atoms with Gasteiger partial charge in [-0.15, -0.1) is 0 Å². The van der Waals surface area contributed by atoms with Crippen LogP contribution in [0.15, 0.2) is 48.5 Å². The van der Waals surface area contributed by atoms with Crippen molar-refractivity contribution in [3.8, 4) is 0 Å². The number of anilines is 1. The van der Waals surface area contributed by atoms with Crippen molar-refractivity contribution in [1.29, 1.82) is 0 Å². The summed E-state index contributed by atoms with van der Waals surface area (Å²) in [4.78, 5) is 4.48. The smallest absolute Gasteiger partial charge is 0.127 e. The Kier molecular flexibility index (Phi) is 4.15. The van der Waals surface area contributed by atoms with Crippen molar-refractivity contribution in [3.63, 3.8) is 0 Å². The van der Waals surface area contributed by atoms with Gasteiger partial charge in [0.15, 0.2) is 0 Å². The molecule has 0 aromatic heterocycles. The van der Waals surface area contributed by atoms with Crippen molar-refractivity contribution < 1.29 is 8.78 Å². The standard InChI is InChI=1S/C17H18F2N2/c18-15-6-7-17(19)14(12-15)13-20-8-10-21(11-9-20)16-4-2-1-3-5-16/h1-7,12H,8-11,13H2. The van der Waals surface area contributed by atoms with Gasteiger partial charge in [-0.3, -0.25) is 4.90 Å². The minimum Gasteiger partial charge on any atom is -0.369 e. The number of benzene rings is 2. The maximum Gasteiger partial charge on any atom is 0.127 e. The number of nitrogens with zero attached hydrogens (tertiary/aromatic N) is 2. The topological polar surface area (TPSA) is 6.48 Å². The van der Waals surface area contributed by atoms with Gasteiger partial charge in [0, 0.05) is 44.0 Å². The van der Waals surface area contributed by atoms with Crippen LogP contribution in [0.1, 0.15) is 5.56 Å². The summed E-state index contributed by atoms with van der Waals surface area (Å²) in [6.45, 7) is 3.98. The summed E-state index contributed by atoms with van der Waals surface area (Å²) in [5, 5.41) is 0. The average Bonchev–Trinajstić information content (AvgIpc) is 2.53. The molecule has 0 saturated carbocycles. The van der Waals surface area contributed by atoms with E-state index in [0.717, 1.165) is 32.2 Å². The summed E-state index contributed by atoms with van der Waals surface area (Å²) in [5.41, 5.74) is 1.65. The molecule has 2 aromatic rings. The van der Waals surface area contributed by atoms with Gasteiger partial charge in [0.05, 0.1) is 0 Å². The summed E-state index contributed by atoms with van der Waals surface area (Å²) < 4.78 is 26.9. The number of piperazine rings is 1. The van der Waals surface area contributed by atoms with Gasteiger partial charge in [0.25, 0.3) is 0 Å². The maximum absolute atomic E-state index is 13.7. The lowest BCUT2D eigenvalue weighted by atomic mass is 10.1. The lowest BCUT2D eigenvalue weighted by Gasteiger charge is -2.36. The predicted octanol–water partition coefficient (Wildman–Crippen LogP) is 3.29. The number of hydrogen-bond acceptors (Lipinski definition) is 2. The molecule has 0 aliphatic carbocycles. The fraction of sp³-hybridized carbons (Fsp3) is 0.294. The van der Waals surface area contributed by atoms with E-state index in [1.54, 1.807) is 0 Å². The largest absolute Gasteiger partial charge is 0.369 e. The molecule has 1 aliphatic rings. The van der Waals surface area contributed by atoms with Crippen LogP contribution >= 0.6 is 0 Å². The van der Waals surface area contributed by atoms with E-state index < -0.39 is 0 Å². The normalized spacial score (nSPS) is 16.2. The molecule has 2 nitrogen and oxygen atoms in total. The Morgan fingerprint density at radius 2 is 1.57 bits per heavy atom. The molecule has 1 heterocycles. The van der Waals surface area contributed by atoms with Gasteiger partial charge in [-0.05, 0) is 30.3 Å². The molecule has 0 atom stereocenters. The molecule has 1 saturated heterocycles. The molecule has 1 fully saturated rings. The summed E-state index contributed by atoms with van der Waals surface area (Å²) in [6, 6.07) is 13.9. The number of para-hydroxylation sites is 1. The maximum atomic E-state index is 13.7. The van der Waals surface area contributed by atoms with Crippen LogP contribution in [-0.4, -0.2) is 31.1 Å². The Morgan fingerprint density at radius 3 is 2.29 bits per heavy atom. The number of halogens is 2. The molecule has 0 radical (unpaired) electrons. The van der Waals surface area contributed by atoms with E-state index >= 15 is 0 Å². The van der Waals surface area contributed by atoms with Gasteiger partial charge in [-0.1, -0.05) is 18.2 Å². The van der Waals surface area contributed by atoms with Crippen molar-refractivity contribution in [2.24, 2.45) is 0 Å². The fourth-order valence-electron chi connectivity index (χ4n) is 2.71. The highest BCUT2D eigenvalue weighted by molar-refractivity contribution is 5.46. The van der Waals surface area contributed by atoms with Crippen LogP contribution in [0.2, 0.25) is 0 Å². The van der Waals surface area contributed by atoms with E-state index in [1.165, 1.54) is 17.8 Å². The molecule has 4 heteroatoms. The van der Waals surface area contributed by atoms with Crippen LogP contribution in [-0.2, 0) is 6.54 Å². The quantitative estimate of drug-likeness (QED) is 0.855. The number of hydrogen-bond donors (Lipinski definition) is 0. The zero-order valence-electron chi connectivity index (χ0n) is 11.8. The van der Waals surface area contributed by atoms with Gasteiger partial charge in [-0.2, -0.15) is 0 Å². The van der Waals surface area contributed by atoms with Crippen molar-refractivity contribution in [3.05, 3.63) is 65.7 Å². The molecule has 0 unspecified atom stereocenters. The molecule has 2 aromatic carbocycles. The van der Waals surface area contributed by atoms with E-state index in [2.05, 4.69) is 21.9 Å². The predicted molar refractivity (Wildman–Crippen MR) is 80.3 cm³/mol. The van der Waals surface area contributed by atoms with Gasteiger partial charge < -0.3 is 4.90 Å². The zero-order valence-corrected chi connectivity index (χ0v) is 11.8. The van der Waals surface area contributed by atoms with Crippen LogP contribution in [0.3, 0.4) is 0 Å². The summed E-state index contributed by atoms with van der Waals surface area (Å²) >= 11 is 0. The van der Waals surface area contributed by atoms with Gasteiger partial charge in [0.1, 0.15) is 11.6 Å². The summed E-state index contributed by atoms with van der Waals surface area (Å²) in [6.07, 6.45) is 0. The first-order valence-electron chi connectivity index (χ1n) is 7.18. The monoisotopic (exact) mass is 288 g/mol. The van der Waals surface area contributed by atoms with E-state index in [0.29, 0.717) is 12.1 Å². The second-order valence-electron chi connectivity index (χ2n) is 5.33. The molecule has 110 valence electrons. The Balaban J connectivity index is 1.60. The first-order valence-corrected chi connectivity index (χ1v) is 7.18. The Hall–Kier alpha value is -1.94. The van der Waals surface area contributed by atoms with Crippen molar-refractivity contribution in [2.45, 2.75) is 6.54 Å². The van der Waals surface area contributed by atoms with Crippen molar-refractivity contribution in [2.75, 3.05) is 31.1 Å². The third-order valence-electron chi connectivity index (χ3n) is 3.90. The van der Waals surface area contributed by atoms with E-state index in [9.17, 15) is 8.78 Å². The van der Waals surface area contributed by atoms with Crippen LogP contribution in [0.4, 0.5) is 14.5 Å². The van der Waals surface area contributed by atoms with Gasteiger partial charge in [-0.25, -0.2) is 8.78 Å². The molecule has 1 aliphatic heterocycles. The average molecular weight is 288 g/mol. The third kappa shape index (κ3) is 3.39. The Labute approximate surface area is 123 Å². The molecule has 21 heavy (non-hydrogen) atoms. The fourth-order valence-corrected chi connectivity index (χ4v) is 2.71. The van der Waals surface area contributed by atoms with E-state index in [1.807, 2.05) is 18.2 Å². The van der Waals surface area contributed by atoms with Crippen LogP contribution in [0.25, 0.3) is 0 Å². The summed E-state index contributed by atoms with van der Waals surface area (Å²) in [5.74, 6) is -0.712. The van der Waals surface area contributed by atoms with Crippen LogP contribution < -0.4 is 4.90 Å². The molecule has 0 N–H and O–H groups in total. The highest BCUT2D eigenvalue weighted by Gasteiger charge is 2.18. The molecule has 0 amide bonds. The first-order chi connectivity index (χ1) is 10.2. The SMILES string of the molecule is Fc1ccc(F)c(CN2CCN(c3ccccc3)CC2)c1. The lowest BCUT2D eigenvalue weighted by Crippen LogP contribution is -2.46. The van der Waals surface area contributed by atoms with E-state index in [-0.39, 0.29) is 11.6 Å². The Morgan fingerprint density at radius 1 is 0.857 bits per heavy atom.